The van der Waals surface area contributed by atoms with Crippen molar-refractivity contribution in [2.24, 2.45) is 11.8 Å². The maximum absolute atomic E-state index is 13.9. The van der Waals surface area contributed by atoms with E-state index in [-0.39, 0.29) is 36.3 Å². The van der Waals surface area contributed by atoms with Gasteiger partial charge < -0.3 is 10.2 Å². The summed E-state index contributed by atoms with van der Waals surface area (Å²) in [5, 5.41) is 20.2. The van der Waals surface area contributed by atoms with Crippen molar-refractivity contribution in [3.8, 4) is 5.75 Å². The third kappa shape index (κ3) is 3.91. The molecule has 2 N–H and O–H groups in total. The summed E-state index contributed by atoms with van der Waals surface area (Å²) >= 11 is 0. The van der Waals surface area contributed by atoms with Gasteiger partial charge in [-0.15, -0.1) is 0 Å². The van der Waals surface area contributed by atoms with E-state index in [1.165, 1.54) is 30.5 Å². The van der Waals surface area contributed by atoms with Gasteiger partial charge in [-0.25, -0.2) is 13.8 Å². The van der Waals surface area contributed by atoms with Gasteiger partial charge in [0, 0.05) is 25.6 Å². The number of halogens is 2. The maximum atomic E-state index is 13.9. The van der Waals surface area contributed by atoms with Gasteiger partial charge in [0.05, 0.1) is 18.3 Å². The predicted octanol–water partition coefficient (Wildman–Crippen LogP) is 2.56. The lowest BCUT2D eigenvalue weighted by Gasteiger charge is -2.26. The highest BCUT2D eigenvalue weighted by molar-refractivity contribution is 5.95. The minimum Gasteiger partial charge on any atom is -0.506 e. The van der Waals surface area contributed by atoms with Crippen LogP contribution >= 0.6 is 0 Å². The van der Waals surface area contributed by atoms with Crippen LogP contribution in [0.4, 0.5) is 8.78 Å². The number of pyridine rings is 1. The van der Waals surface area contributed by atoms with Gasteiger partial charge in [-0.3, -0.25) is 9.69 Å². The van der Waals surface area contributed by atoms with Crippen molar-refractivity contribution in [2.75, 3.05) is 19.6 Å². The molecule has 0 unspecified atom stereocenters. The monoisotopic (exact) mass is 388 g/mol. The number of hydrogen-bond donors (Lipinski definition) is 2. The Balaban J connectivity index is 1.35. The summed E-state index contributed by atoms with van der Waals surface area (Å²) in [5.41, 5.74) is -0.352. The minimum atomic E-state index is -0.997. The Hall–Kier alpha value is -2.38. The Morgan fingerprint density at radius 1 is 1.18 bits per heavy atom. The second kappa shape index (κ2) is 7.22. The molecule has 2 aliphatic rings. The first-order valence-corrected chi connectivity index (χ1v) is 9.38. The molecular formula is C21H22F2N2O3. The van der Waals surface area contributed by atoms with Crippen LogP contribution in [0.25, 0.3) is 0 Å². The number of aromatic nitrogens is 1. The van der Waals surface area contributed by atoms with Gasteiger partial charge in [-0.05, 0) is 48.4 Å². The Morgan fingerprint density at radius 2 is 1.89 bits per heavy atom. The lowest BCUT2D eigenvalue weighted by Crippen LogP contribution is -2.34. The molecule has 1 aliphatic carbocycles. The number of likely N-dealkylation sites (tertiary alicyclic amines) is 1. The largest absolute Gasteiger partial charge is 0.506 e. The van der Waals surface area contributed by atoms with Gasteiger partial charge in [0.15, 0.2) is 5.78 Å². The number of aliphatic hydroxyl groups is 1. The van der Waals surface area contributed by atoms with Crippen LogP contribution in [0.2, 0.25) is 0 Å². The lowest BCUT2D eigenvalue weighted by molar-refractivity contribution is 0.0347. The summed E-state index contributed by atoms with van der Waals surface area (Å²) in [6.07, 6.45) is 2.50. The Morgan fingerprint density at radius 3 is 2.50 bits per heavy atom. The molecule has 2 heterocycles. The average molecular weight is 388 g/mol. The molecule has 1 aromatic carbocycles. The second-order valence-corrected chi connectivity index (χ2v) is 8.08. The van der Waals surface area contributed by atoms with Crippen LogP contribution in [0.15, 0.2) is 36.5 Å². The first kappa shape index (κ1) is 19.0. The van der Waals surface area contributed by atoms with E-state index in [2.05, 4.69) is 9.88 Å². The van der Waals surface area contributed by atoms with Gasteiger partial charge in [0.25, 0.3) is 0 Å². The zero-order valence-electron chi connectivity index (χ0n) is 15.3. The van der Waals surface area contributed by atoms with E-state index < -0.39 is 17.2 Å². The van der Waals surface area contributed by atoms with E-state index in [9.17, 15) is 23.8 Å². The lowest BCUT2D eigenvalue weighted by atomic mass is 9.91. The summed E-state index contributed by atoms with van der Waals surface area (Å²) in [5.74, 6) is -0.852. The summed E-state index contributed by atoms with van der Waals surface area (Å²) < 4.78 is 27.0. The minimum absolute atomic E-state index is 0.0177. The molecule has 0 bridgehead atoms. The number of fused-ring (bicyclic) bond motifs is 1. The second-order valence-electron chi connectivity index (χ2n) is 8.08. The Labute approximate surface area is 161 Å². The topological polar surface area (TPSA) is 73.7 Å². The van der Waals surface area contributed by atoms with E-state index in [0.29, 0.717) is 37.2 Å². The van der Waals surface area contributed by atoms with Gasteiger partial charge >= 0.3 is 0 Å². The van der Waals surface area contributed by atoms with Crippen LogP contribution in [-0.4, -0.2) is 51.1 Å². The van der Waals surface area contributed by atoms with Crippen LogP contribution in [0.3, 0.4) is 0 Å². The summed E-state index contributed by atoms with van der Waals surface area (Å²) in [7, 11) is 0. The molecule has 1 aromatic heterocycles. The number of benzene rings is 1. The van der Waals surface area contributed by atoms with E-state index in [1.807, 2.05) is 0 Å². The molecule has 148 valence electrons. The standard InChI is InChI=1S/C21H22F2N2O3/c22-16-2-1-13(18(23)5-16)6-21(28)7-14-10-25(11-15(14)8-21)12-20(27)19-4-3-17(26)9-24-19/h1-5,9,14-15,26,28H,6-8,10-12H2/t14-,15+,21-. The normalized spacial score (nSPS) is 27.1. The molecule has 0 amide bonds. The molecule has 0 radical (unpaired) electrons. The molecular weight excluding hydrogens is 366 g/mol. The van der Waals surface area contributed by atoms with Crippen molar-refractivity contribution in [1.82, 2.24) is 9.88 Å². The van der Waals surface area contributed by atoms with Crippen LogP contribution in [0.5, 0.6) is 5.75 Å². The first-order chi connectivity index (χ1) is 13.3. The quantitative estimate of drug-likeness (QED) is 0.771. The summed E-state index contributed by atoms with van der Waals surface area (Å²) in [6.45, 7) is 1.64. The van der Waals surface area contributed by atoms with Crippen molar-refractivity contribution in [3.63, 3.8) is 0 Å². The molecule has 1 saturated carbocycles. The smallest absolute Gasteiger partial charge is 0.195 e. The molecule has 2 aromatic rings. The predicted molar refractivity (Wildman–Crippen MR) is 97.9 cm³/mol. The van der Waals surface area contributed by atoms with Gasteiger partial charge in [0.1, 0.15) is 23.1 Å². The maximum Gasteiger partial charge on any atom is 0.195 e. The molecule has 5 nitrogen and oxygen atoms in total. The van der Waals surface area contributed by atoms with Crippen molar-refractivity contribution in [1.29, 1.82) is 0 Å². The van der Waals surface area contributed by atoms with Gasteiger partial charge in [-0.1, -0.05) is 6.07 Å². The summed E-state index contributed by atoms with van der Waals surface area (Å²) in [6, 6.07) is 6.39. The fourth-order valence-corrected chi connectivity index (χ4v) is 4.69. The molecule has 0 spiro atoms. The van der Waals surface area contributed by atoms with Crippen LogP contribution < -0.4 is 0 Å². The number of hydrogen-bond acceptors (Lipinski definition) is 5. The Kier molecular flexibility index (Phi) is 4.89. The average Bonchev–Trinajstić information content (AvgIpc) is 3.12. The van der Waals surface area contributed by atoms with Crippen molar-refractivity contribution < 1.29 is 23.8 Å². The van der Waals surface area contributed by atoms with Crippen LogP contribution in [-0.2, 0) is 6.42 Å². The molecule has 1 saturated heterocycles. The fourth-order valence-electron chi connectivity index (χ4n) is 4.69. The highest BCUT2D eigenvalue weighted by Crippen LogP contribution is 2.45. The first-order valence-electron chi connectivity index (χ1n) is 9.38. The number of aromatic hydroxyl groups is 1. The summed E-state index contributed by atoms with van der Waals surface area (Å²) in [4.78, 5) is 18.4. The van der Waals surface area contributed by atoms with E-state index in [4.69, 9.17) is 0 Å². The van der Waals surface area contributed by atoms with Gasteiger partial charge in [-0.2, -0.15) is 0 Å². The van der Waals surface area contributed by atoms with Crippen molar-refractivity contribution in [3.05, 3.63) is 59.4 Å². The highest BCUT2D eigenvalue weighted by Gasteiger charge is 2.48. The van der Waals surface area contributed by atoms with Crippen LogP contribution in [0, 0.1) is 23.5 Å². The number of carbonyl (C=O) groups excluding carboxylic acids is 1. The Bertz CT molecular complexity index is 874. The number of nitrogens with zero attached hydrogens (tertiary/aromatic N) is 2. The molecule has 1 aliphatic heterocycles. The SMILES string of the molecule is O=C(CN1C[C@@H]2C[C@@](O)(Cc3ccc(F)cc3F)C[C@@H]2C1)c1ccc(O)cn1. The number of ketones is 1. The zero-order chi connectivity index (χ0) is 19.9. The fraction of sp³-hybridized carbons (Fsp3) is 0.429. The molecule has 2 fully saturated rings. The van der Waals surface area contributed by atoms with E-state index >= 15 is 0 Å². The molecule has 7 heteroatoms. The van der Waals surface area contributed by atoms with Gasteiger partial charge in [0.2, 0.25) is 0 Å². The highest BCUT2D eigenvalue weighted by atomic mass is 19.1. The molecule has 28 heavy (non-hydrogen) atoms. The third-order valence-corrected chi connectivity index (χ3v) is 5.87. The van der Waals surface area contributed by atoms with Crippen molar-refractivity contribution in [2.45, 2.75) is 24.9 Å². The van der Waals surface area contributed by atoms with E-state index in [0.717, 1.165) is 6.07 Å². The molecule has 4 rings (SSSR count). The van der Waals surface area contributed by atoms with Crippen molar-refractivity contribution >= 4 is 5.78 Å². The number of Topliss-reactive ketones (excluding diaryl/α,β-unsaturated/α-hetero) is 1. The molecule has 3 atom stereocenters. The number of rotatable bonds is 5. The van der Waals surface area contributed by atoms with E-state index in [1.54, 1.807) is 0 Å². The number of carbonyl (C=O) groups is 1. The third-order valence-electron chi connectivity index (χ3n) is 5.87. The van der Waals surface area contributed by atoms with Crippen LogP contribution in [0.1, 0.15) is 28.9 Å². The zero-order valence-corrected chi connectivity index (χ0v) is 15.3.